The molecular formula is C59H42S. The maximum atomic E-state index is 2.49. The molecule has 0 N–H and O–H groups in total. The Morgan fingerprint density at radius 2 is 0.717 bits per heavy atom. The highest BCUT2D eigenvalue weighted by molar-refractivity contribution is 8.32. The number of rotatable bonds is 5. The lowest BCUT2D eigenvalue weighted by molar-refractivity contribution is 1.43. The largest absolute Gasteiger partial charge is 0.223 e. The van der Waals surface area contributed by atoms with Crippen molar-refractivity contribution in [2.75, 3.05) is 18.8 Å². The van der Waals surface area contributed by atoms with Gasteiger partial charge in [-0.25, -0.2) is 10.0 Å². The van der Waals surface area contributed by atoms with E-state index in [0.29, 0.717) is 0 Å². The fraction of sp³-hybridized carbons (Fsp3) is 0.0508. The molecule has 12 rings (SSSR count). The molecule has 0 spiro atoms. The van der Waals surface area contributed by atoms with Gasteiger partial charge in [-0.15, -0.1) is 0 Å². The van der Waals surface area contributed by atoms with Crippen LogP contribution in [-0.4, -0.2) is 18.8 Å². The molecule has 0 bridgehead atoms. The summed E-state index contributed by atoms with van der Waals surface area (Å²) in [4.78, 5) is 1.44. The Morgan fingerprint density at radius 1 is 0.267 bits per heavy atom. The Bertz CT molecular complexity index is 3550. The van der Waals surface area contributed by atoms with Crippen LogP contribution < -0.4 is 0 Å². The standard InChI is InChI=1S/C59H42S/c1-60(2,3)56-22-11-10-17-46(56)42-28-30-53-55(36-42)58(44-26-24-38-14-5-7-16-40(38)34-44)52-29-27-41(35-54(52)57(53)43-25-23-37-13-4-6-15-39(37)33-43)45-31-32-51-48-19-9-8-18-47(48)50-21-12-20-49(45)59(50)51/h4-36H,1-3H3. The van der Waals surface area contributed by atoms with Crippen LogP contribution >= 0.6 is 10.0 Å². The predicted molar refractivity (Wildman–Crippen MR) is 264 cm³/mol. The van der Waals surface area contributed by atoms with Crippen molar-refractivity contribution in [1.29, 1.82) is 0 Å². The van der Waals surface area contributed by atoms with Gasteiger partial charge in [0.15, 0.2) is 0 Å². The minimum atomic E-state index is -0.992. The third kappa shape index (κ3) is 5.39. The molecule has 0 atom stereocenters. The minimum absolute atomic E-state index is 0.992. The first-order valence-electron chi connectivity index (χ1n) is 20.8. The second-order valence-corrected chi connectivity index (χ2v) is 21.3. The number of hydrogen-bond acceptors (Lipinski definition) is 0. The van der Waals surface area contributed by atoms with Crippen molar-refractivity contribution in [2.45, 2.75) is 4.90 Å². The van der Waals surface area contributed by atoms with Gasteiger partial charge in [0, 0.05) is 0 Å². The van der Waals surface area contributed by atoms with Crippen LogP contribution in [0.1, 0.15) is 0 Å². The average molecular weight is 783 g/mol. The monoisotopic (exact) mass is 782 g/mol. The Balaban J connectivity index is 1.20. The molecular weight excluding hydrogens is 741 g/mol. The van der Waals surface area contributed by atoms with Gasteiger partial charge in [0.05, 0.1) is 0 Å². The van der Waals surface area contributed by atoms with Gasteiger partial charge < -0.3 is 0 Å². The van der Waals surface area contributed by atoms with Gasteiger partial charge in [0.2, 0.25) is 0 Å². The van der Waals surface area contributed by atoms with Crippen molar-refractivity contribution in [3.63, 3.8) is 0 Å². The van der Waals surface area contributed by atoms with E-state index in [-0.39, 0.29) is 0 Å². The zero-order valence-corrected chi connectivity index (χ0v) is 34.8. The molecule has 0 saturated heterocycles. The zero-order chi connectivity index (χ0) is 40.1. The van der Waals surface area contributed by atoms with Gasteiger partial charge in [0.1, 0.15) is 0 Å². The first-order chi connectivity index (χ1) is 29.4. The number of hydrogen-bond donors (Lipinski definition) is 0. The second kappa shape index (κ2) is 13.3. The van der Waals surface area contributed by atoms with E-state index in [4.69, 9.17) is 0 Å². The summed E-state index contributed by atoms with van der Waals surface area (Å²) < 4.78 is 0. The van der Waals surface area contributed by atoms with Crippen LogP contribution in [0.5, 0.6) is 0 Å². The van der Waals surface area contributed by atoms with Crippen LogP contribution in [-0.2, 0) is 0 Å². The maximum absolute atomic E-state index is 2.49. The van der Waals surface area contributed by atoms with Gasteiger partial charge in [0.25, 0.3) is 0 Å². The quantitative estimate of drug-likeness (QED) is 0.153. The molecule has 0 heterocycles. The summed E-state index contributed by atoms with van der Waals surface area (Å²) in [5.41, 5.74) is 15.4. The normalized spacial score (nSPS) is 12.5. The highest BCUT2D eigenvalue weighted by atomic mass is 32.3. The predicted octanol–water partition coefficient (Wildman–Crippen LogP) is 16.8. The van der Waals surface area contributed by atoms with Crippen molar-refractivity contribution >= 4 is 63.9 Å². The van der Waals surface area contributed by atoms with Gasteiger partial charge >= 0.3 is 0 Å². The van der Waals surface area contributed by atoms with Crippen molar-refractivity contribution in [2.24, 2.45) is 0 Å². The summed E-state index contributed by atoms with van der Waals surface area (Å²) in [5, 5.41) is 12.7. The van der Waals surface area contributed by atoms with Crippen LogP contribution in [0.15, 0.2) is 205 Å². The molecule has 0 aliphatic heterocycles. The smallest absolute Gasteiger partial charge is 0.00201 e. The van der Waals surface area contributed by atoms with E-state index >= 15 is 0 Å². The molecule has 11 aromatic carbocycles. The SMILES string of the molecule is CS(C)(C)c1ccccc1-c1ccc2c(-c3ccc4ccccc4c3)c3cc(-c4ccc5c6c(cccc46)-c4ccccc4-5)ccc3c(-c3ccc4ccccc4c3)c2c1. The third-order valence-corrected chi connectivity index (χ3v) is 14.6. The summed E-state index contributed by atoms with van der Waals surface area (Å²) in [5.74, 6) is 0. The Hall–Kier alpha value is -6.93. The average Bonchev–Trinajstić information content (AvgIpc) is 3.62. The van der Waals surface area contributed by atoms with Gasteiger partial charge in [-0.2, -0.15) is 0 Å². The molecule has 0 fully saturated rings. The molecule has 1 heteroatoms. The lowest BCUT2D eigenvalue weighted by atomic mass is 9.83. The van der Waals surface area contributed by atoms with Crippen molar-refractivity contribution in [3.05, 3.63) is 200 Å². The molecule has 60 heavy (non-hydrogen) atoms. The van der Waals surface area contributed by atoms with Gasteiger partial charge in [-0.1, -0.05) is 170 Å². The fourth-order valence-electron chi connectivity index (χ4n) is 10.2. The number of benzene rings is 11. The van der Waals surface area contributed by atoms with Crippen LogP contribution in [0, 0.1) is 0 Å². The van der Waals surface area contributed by atoms with Gasteiger partial charge in [-0.05, 0) is 175 Å². The van der Waals surface area contributed by atoms with Crippen LogP contribution in [0.25, 0.3) is 121 Å². The molecule has 0 amide bonds. The van der Waals surface area contributed by atoms with E-state index in [1.165, 1.54) is 126 Å². The molecule has 284 valence electrons. The first kappa shape index (κ1) is 35.1. The van der Waals surface area contributed by atoms with E-state index < -0.39 is 10.0 Å². The molecule has 0 radical (unpaired) electrons. The molecule has 0 nitrogen and oxygen atoms in total. The summed E-state index contributed by atoms with van der Waals surface area (Å²) >= 11 is 0. The number of fused-ring (bicyclic) bond motifs is 7. The highest BCUT2D eigenvalue weighted by Crippen LogP contribution is 2.53. The third-order valence-electron chi connectivity index (χ3n) is 12.9. The fourth-order valence-corrected chi connectivity index (χ4v) is 11.5. The van der Waals surface area contributed by atoms with Crippen LogP contribution in [0.4, 0.5) is 0 Å². The Labute approximate surface area is 352 Å². The Morgan fingerprint density at radius 3 is 1.30 bits per heavy atom. The lowest BCUT2D eigenvalue weighted by Crippen LogP contribution is -1.97. The molecule has 11 aromatic rings. The molecule has 0 aromatic heterocycles. The van der Waals surface area contributed by atoms with E-state index in [9.17, 15) is 0 Å². The summed E-state index contributed by atoms with van der Waals surface area (Å²) in [6.07, 6.45) is 7.20. The van der Waals surface area contributed by atoms with E-state index in [2.05, 4.69) is 219 Å². The van der Waals surface area contributed by atoms with Crippen molar-refractivity contribution in [1.82, 2.24) is 0 Å². The zero-order valence-electron chi connectivity index (χ0n) is 34.0. The van der Waals surface area contributed by atoms with Gasteiger partial charge in [-0.3, -0.25) is 0 Å². The van der Waals surface area contributed by atoms with E-state index in [0.717, 1.165) is 0 Å². The van der Waals surface area contributed by atoms with Crippen molar-refractivity contribution in [3.8, 4) is 66.8 Å². The first-order valence-corrected chi connectivity index (χ1v) is 23.7. The van der Waals surface area contributed by atoms with E-state index in [1.54, 1.807) is 0 Å². The van der Waals surface area contributed by atoms with E-state index in [1.807, 2.05) is 0 Å². The van der Waals surface area contributed by atoms with Crippen LogP contribution in [0.3, 0.4) is 0 Å². The topological polar surface area (TPSA) is 0 Å². The second-order valence-electron chi connectivity index (χ2n) is 17.2. The maximum Gasteiger partial charge on any atom is -0.00201 e. The minimum Gasteiger partial charge on any atom is -0.223 e. The summed E-state index contributed by atoms with van der Waals surface area (Å²) in [6, 6.07) is 75.5. The molecule has 0 unspecified atom stereocenters. The van der Waals surface area contributed by atoms with Crippen LogP contribution in [0.2, 0.25) is 0 Å². The molecule has 1 aliphatic carbocycles. The molecule has 1 aliphatic rings. The Kier molecular flexibility index (Phi) is 7.77. The highest BCUT2D eigenvalue weighted by Gasteiger charge is 2.24. The molecule has 0 saturated carbocycles. The van der Waals surface area contributed by atoms with Crippen molar-refractivity contribution < 1.29 is 0 Å². The lowest BCUT2D eigenvalue weighted by Gasteiger charge is -2.29. The summed E-state index contributed by atoms with van der Waals surface area (Å²) in [7, 11) is -0.992. The summed E-state index contributed by atoms with van der Waals surface area (Å²) in [6.45, 7) is 0.